The number of amides is 1. The van der Waals surface area contributed by atoms with Crippen LogP contribution in [0.4, 0.5) is 5.69 Å². The van der Waals surface area contributed by atoms with Crippen LogP contribution in [0.2, 0.25) is 0 Å². The number of carbonyl (C=O) groups excluding carboxylic acids is 1. The summed E-state index contributed by atoms with van der Waals surface area (Å²) >= 11 is 1.56. The molecule has 0 unspecified atom stereocenters. The summed E-state index contributed by atoms with van der Waals surface area (Å²) in [6.45, 7) is 0. The van der Waals surface area contributed by atoms with E-state index in [1.807, 2.05) is 24.3 Å². The summed E-state index contributed by atoms with van der Waals surface area (Å²) in [4.78, 5) is 15.8. The molecule has 0 radical (unpaired) electrons. The van der Waals surface area contributed by atoms with Crippen LogP contribution in [0.15, 0.2) is 58.5 Å². The lowest BCUT2D eigenvalue weighted by atomic mass is 10.2. The highest BCUT2D eigenvalue weighted by atomic mass is 32.2. The molecule has 0 aliphatic rings. The molecule has 106 valence electrons. The Labute approximate surface area is 126 Å². The first-order chi connectivity index (χ1) is 10.2. The lowest BCUT2D eigenvalue weighted by Crippen LogP contribution is -2.17. The zero-order chi connectivity index (χ0) is 14.8. The van der Waals surface area contributed by atoms with E-state index in [4.69, 9.17) is 5.73 Å². The molecule has 0 spiro atoms. The number of benzene rings is 2. The summed E-state index contributed by atoms with van der Waals surface area (Å²) < 4.78 is 0. The van der Waals surface area contributed by atoms with Gasteiger partial charge in [0.1, 0.15) is 0 Å². The number of aromatic nitrogens is 1. The Kier molecular flexibility index (Phi) is 3.58. The number of nitrogens with two attached hydrogens (primary N) is 1. The summed E-state index contributed by atoms with van der Waals surface area (Å²) in [7, 11) is 1.60. The Hall–Kier alpha value is -2.40. The van der Waals surface area contributed by atoms with Crippen LogP contribution in [-0.2, 0) is 0 Å². The molecule has 1 amide bonds. The van der Waals surface area contributed by atoms with Crippen LogP contribution in [0.1, 0.15) is 10.4 Å². The van der Waals surface area contributed by atoms with Gasteiger partial charge in [0, 0.05) is 34.1 Å². The minimum atomic E-state index is -0.135. The number of rotatable bonds is 3. The second kappa shape index (κ2) is 5.54. The molecular weight excluding hydrogens is 282 g/mol. The van der Waals surface area contributed by atoms with Gasteiger partial charge < -0.3 is 16.0 Å². The van der Waals surface area contributed by atoms with Crippen LogP contribution < -0.4 is 11.1 Å². The van der Waals surface area contributed by atoms with E-state index < -0.39 is 0 Å². The highest BCUT2D eigenvalue weighted by Crippen LogP contribution is 2.33. The SMILES string of the molecule is CNC(=O)c1ccc(Sc2cc3ccccc3[nH]2)c(N)c1. The first kappa shape index (κ1) is 13.6. The van der Waals surface area contributed by atoms with Crippen molar-refractivity contribution in [2.24, 2.45) is 0 Å². The fraction of sp³-hybridized carbons (Fsp3) is 0.0625. The Balaban J connectivity index is 1.89. The zero-order valence-electron chi connectivity index (χ0n) is 11.5. The third-order valence-electron chi connectivity index (χ3n) is 3.22. The molecule has 2 aromatic carbocycles. The largest absolute Gasteiger partial charge is 0.398 e. The molecule has 3 aromatic rings. The number of fused-ring (bicyclic) bond motifs is 1. The molecule has 3 rings (SSSR count). The number of hydrogen-bond donors (Lipinski definition) is 3. The van der Waals surface area contributed by atoms with E-state index in [0.29, 0.717) is 11.3 Å². The number of para-hydroxylation sites is 1. The Morgan fingerprint density at radius 2 is 2.00 bits per heavy atom. The molecule has 0 saturated carbocycles. The third-order valence-corrected chi connectivity index (χ3v) is 4.26. The van der Waals surface area contributed by atoms with Crippen molar-refractivity contribution in [3.63, 3.8) is 0 Å². The zero-order valence-corrected chi connectivity index (χ0v) is 12.3. The molecule has 0 saturated heterocycles. The molecule has 4 N–H and O–H groups in total. The number of H-pyrrole nitrogens is 1. The van der Waals surface area contributed by atoms with Crippen LogP contribution >= 0.6 is 11.8 Å². The van der Waals surface area contributed by atoms with Gasteiger partial charge in [0.05, 0.1) is 5.03 Å². The van der Waals surface area contributed by atoms with Crippen LogP contribution in [0.5, 0.6) is 0 Å². The lowest BCUT2D eigenvalue weighted by Gasteiger charge is -2.06. The van der Waals surface area contributed by atoms with Crippen LogP contribution in [0.25, 0.3) is 10.9 Å². The molecule has 4 nitrogen and oxygen atoms in total. The minimum absolute atomic E-state index is 0.135. The second-order valence-corrected chi connectivity index (χ2v) is 5.74. The van der Waals surface area contributed by atoms with Crippen molar-refractivity contribution in [1.29, 1.82) is 0 Å². The molecule has 21 heavy (non-hydrogen) atoms. The van der Waals surface area contributed by atoms with Crippen molar-refractivity contribution < 1.29 is 4.79 Å². The van der Waals surface area contributed by atoms with E-state index in [1.165, 1.54) is 5.39 Å². The maximum atomic E-state index is 11.6. The van der Waals surface area contributed by atoms with Gasteiger partial charge >= 0.3 is 0 Å². The molecule has 0 bridgehead atoms. The van der Waals surface area contributed by atoms with Crippen molar-refractivity contribution >= 4 is 34.3 Å². The summed E-state index contributed by atoms with van der Waals surface area (Å²) in [5.41, 5.74) is 8.30. The number of hydrogen-bond acceptors (Lipinski definition) is 3. The fourth-order valence-electron chi connectivity index (χ4n) is 2.15. The average Bonchev–Trinajstić information content (AvgIpc) is 2.90. The monoisotopic (exact) mass is 297 g/mol. The van der Waals surface area contributed by atoms with Gasteiger partial charge in [-0.05, 0) is 30.3 Å². The highest BCUT2D eigenvalue weighted by Gasteiger charge is 2.09. The second-order valence-electron chi connectivity index (χ2n) is 4.65. The standard InChI is InChI=1S/C16H15N3OS/c1-18-16(20)11-6-7-14(12(17)8-11)21-15-9-10-4-2-3-5-13(10)19-15/h2-9,19H,17H2,1H3,(H,18,20). The molecule has 0 fully saturated rings. The fourth-order valence-corrected chi connectivity index (χ4v) is 3.04. The van der Waals surface area contributed by atoms with Crippen molar-refractivity contribution in [2.45, 2.75) is 9.92 Å². The maximum Gasteiger partial charge on any atom is 0.251 e. The number of anilines is 1. The van der Waals surface area contributed by atoms with Crippen LogP contribution in [-0.4, -0.2) is 17.9 Å². The average molecular weight is 297 g/mol. The summed E-state index contributed by atoms with van der Waals surface area (Å²) in [6.07, 6.45) is 0. The summed E-state index contributed by atoms with van der Waals surface area (Å²) in [5.74, 6) is -0.135. The van der Waals surface area contributed by atoms with Gasteiger partial charge in [0.25, 0.3) is 5.91 Å². The number of nitrogen functional groups attached to an aromatic ring is 1. The van der Waals surface area contributed by atoms with Crippen LogP contribution in [0.3, 0.4) is 0 Å². The topological polar surface area (TPSA) is 70.9 Å². The summed E-state index contributed by atoms with van der Waals surface area (Å²) in [6, 6.07) is 15.6. The quantitative estimate of drug-likeness (QED) is 0.650. The predicted octanol–water partition coefficient (Wildman–Crippen LogP) is 3.26. The molecule has 5 heteroatoms. The minimum Gasteiger partial charge on any atom is -0.398 e. The molecule has 0 aliphatic heterocycles. The Bertz CT molecular complexity index is 777. The first-order valence-electron chi connectivity index (χ1n) is 6.54. The van der Waals surface area contributed by atoms with E-state index in [1.54, 1.807) is 30.9 Å². The van der Waals surface area contributed by atoms with Crippen molar-refractivity contribution in [3.8, 4) is 0 Å². The number of nitrogens with one attached hydrogen (secondary N) is 2. The summed E-state index contributed by atoms with van der Waals surface area (Å²) in [5, 5.41) is 4.78. The van der Waals surface area contributed by atoms with Crippen LogP contribution in [0, 0.1) is 0 Å². The van der Waals surface area contributed by atoms with Gasteiger partial charge in [0.15, 0.2) is 0 Å². The predicted molar refractivity (Wildman–Crippen MR) is 86.7 cm³/mol. The van der Waals surface area contributed by atoms with Gasteiger partial charge in [-0.2, -0.15) is 0 Å². The van der Waals surface area contributed by atoms with Gasteiger partial charge in [-0.1, -0.05) is 30.0 Å². The first-order valence-corrected chi connectivity index (χ1v) is 7.36. The molecular formula is C16H15N3OS. The van der Waals surface area contributed by atoms with Gasteiger partial charge in [-0.15, -0.1) is 0 Å². The van der Waals surface area contributed by atoms with E-state index in [2.05, 4.69) is 22.4 Å². The number of aromatic amines is 1. The normalized spacial score (nSPS) is 10.7. The number of carbonyl (C=O) groups is 1. The Morgan fingerprint density at radius 3 is 2.71 bits per heavy atom. The third kappa shape index (κ3) is 2.73. The Morgan fingerprint density at radius 1 is 1.19 bits per heavy atom. The van der Waals surface area contributed by atoms with Gasteiger partial charge in [-0.3, -0.25) is 4.79 Å². The van der Waals surface area contributed by atoms with Crippen molar-refractivity contribution in [1.82, 2.24) is 10.3 Å². The van der Waals surface area contributed by atoms with Crippen molar-refractivity contribution in [3.05, 3.63) is 54.1 Å². The molecule has 0 atom stereocenters. The van der Waals surface area contributed by atoms with E-state index in [9.17, 15) is 4.79 Å². The van der Waals surface area contributed by atoms with Crippen molar-refractivity contribution in [2.75, 3.05) is 12.8 Å². The molecule has 1 heterocycles. The highest BCUT2D eigenvalue weighted by molar-refractivity contribution is 7.99. The van der Waals surface area contributed by atoms with E-state index in [-0.39, 0.29) is 5.91 Å². The maximum absolute atomic E-state index is 11.6. The van der Waals surface area contributed by atoms with E-state index in [0.717, 1.165) is 15.4 Å². The van der Waals surface area contributed by atoms with Gasteiger partial charge in [-0.25, -0.2) is 0 Å². The lowest BCUT2D eigenvalue weighted by molar-refractivity contribution is 0.0963. The molecule has 0 aliphatic carbocycles. The van der Waals surface area contributed by atoms with Gasteiger partial charge in [0.2, 0.25) is 0 Å². The molecule has 1 aromatic heterocycles. The smallest absolute Gasteiger partial charge is 0.251 e. The van der Waals surface area contributed by atoms with E-state index >= 15 is 0 Å².